The van der Waals surface area contributed by atoms with E-state index >= 15 is 0 Å². The van der Waals surface area contributed by atoms with E-state index in [1.165, 1.54) is 7.11 Å². The van der Waals surface area contributed by atoms with Gasteiger partial charge in [-0.3, -0.25) is 14.4 Å². The van der Waals surface area contributed by atoms with Crippen molar-refractivity contribution in [3.8, 4) is 0 Å². The highest BCUT2D eigenvalue weighted by molar-refractivity contribution is 6.02. The SMILES string of the molecule is [CH2-]C1CC(=O)N(OC)C1=O. The molecule has 1 unspecified atom stereocenters. The first-order chi connectivity index (χ1) is 4.66. The van der Waals surface area contributed by atoms with Crippen molar-refractivity contribution in [1.82, 2.24) is 5.06 Å². The maximum absolute atomic E-state index is 10.9. The van der Waals surface area contributed by atoms with Gasteiger partial charge < -0.3 is 6.92 Å². The van der Waals surface area contributed by atoms with E-state index in [0.717, 1.165) is 5.06 Å². The van der Waals surface area contributed by atoms with Gasteiger partial charge in [0.2, 0.25) is 5.91 Å². The minimum absolute atomic E-state index is 0.159. The summed E-state index contributed by atoms with van der Waals surface area (Å²) >= 11 is 0. The Morgan fingerprint density at radius 3 is 2.50 bits per heavy atom. The van der Waals surface area contributed by atoms with E-state index in [-0.39, 0.29) is 18.2 Å². The number of imide groups is 1. The van der Waals surface area contributed by atoms with Crippen LogP contribution in [0.5, 0.6) is 0 Å². The summed E-state index contributed by atoms with van der Waals surface area (Å²) in [5, 5.41) is 0.748. The third-order valence-electron chi connectivity index (χ3n) is 1.38. The predicted octanol–water partition coefficient (Wildman–Crippen LogP) is -0.243. The molecule has 0 aromatic heterocycles. The van der Waals surface area contributed by atoms with Crippen LogP contribution in [0.4, 0.5) is 0 Å². The molecule has 0 aliphatic carbocycles. The van der Waals surface area contributed by atoms with Gasteiger partial charge in [0.15, 0.2) is 0 Å². The van der Waals surface area contributed by atoms with Crippen LogP contribution in [0.15, 0.2) is 0 Å². The number of amides is 2. The third-order valence-corrected chi connectivity index (χ3v) is 1.38. The van der Waals surface area contributed by atoms with Crippen LogP contribution in [0.25, 0.3) is 0 Å². The summed E-state index contributed by atoms with van der Waals surface area (Å²) in [6.07, 6.45) is 0.159. The van der Waals surface area contributed by atoms with Crippen molar-refractivity contribution >= 4 is 11.8 Å². The molecule has 0 saturated carbocycles. The summed E-state index contributed by atoms with van der Waals surface area (Å²) in [5.74, 6) is -1.13. The van der Waals surface area contributed by atoms with Crippen molar-refractivity contribution < 1.29 is 14.4 Å². The van der Waals surface area contributed by atoms with Crippen LogP contribution in [0.1, 0.15) is 6.42 Å². The first-order valence-electron chi connectivity index (χ1n) is 2.91. The van der Waals surface area contributed by atoms with Crippen molar-refractivity contribution in [2.75, 3.05) is 7.11 Å². The van der Waals surface area contributed by atoms with Crippen molar-refractivity contribution in [1.29, 1.82) is 0 Å². The molecule has 0 spiro atoms. The van der Waals surface area contributed by atoms with Gasteiger partial charge in [0.25, 0.3) is 5.91 Å². The molecule has 1 fully saturated rings. The average Bonchev–Trinajstić information content (AvgIpc) is 2.09. The fourth-order valence-corrected chi connectivity index (χ4v) is 0.862. The molecule has 1 saturated heterocycles. The smallest absolute Gasteiger partial charge is 0.251 e. The number of hydrogen-bond donors (Lipinski definition) is 0. The molecule has 0 aromatic carbocycles. The molecule has 1 heterocycles. The molecule has 1 aliphatic heterocycles. The largest absolute Gasteiger partial charge is 0.331 e. The summed E-state index contributed by atoms with van der Waals surface area (Å²) in [6, 6.07) is 0. The van der Waals surface area contributed by atoms with Crippen LogP contribution >= 0.6 is 0 Å². The Morgan fingerprint density at radius 1 is 1.70 bits per heavy atom. The van der Waals surface area contributed by atoms with Gasteiger partial charge in [-0.25, -0.2) is 0 Å². The van der Waals surface area contributed by atoms with E-state index in [1.807, 2.05) is 0 Å². The molecule has 4 heteroatoms. The summed E-state index contributed by atoms with van der Waals surface area (Å²) in [4.78, 5) is 26.1. The van der Waals surface area contributed by atoms with Gasteiger partial charge in [-0.15, -0.1) is 0 Å². The van der Waals surface area contributed by atoms with Crippen LogP contribution in [0, 0.1) is 12.8 Å². The summed E-state index contributed by atoms with van der Waals surface area (Å²) in [5.41, 5.74) is 0. The van der Waals surface area contributed by atoms with Crippen LogP contribution in [0.2, 0.25) is 0 Å². The van der Waals surface area contributed by atoms with Crippen LogP contribution in [-0.4, -0.2) is 24.0 Å². The number of carbonyl (C=O) groups is 2. The van der Waals surface area contributed by atoms with Gasteiger partial charge in [0.1, 0.15) is 0 Å². The Bertz CT molecular complexity index is 178. The minimum Gasteiger partial charge on any atom is -0.331 e. The Balaban J connectivity index is 2.74. The summed E-state index contributed by atoms with van der Waals surface area (Å²) < 4.78 is 0. The Morgan fingerprint density at radius 2 is 2.30 bits per heavy atom. The molecule has 4 nitrogen and oxygen atoms in total. The van der Waals surface area contributed by atoms with E-state index in [1.54, 1.807) is 0 Å². The van der Waals surface area contributed by atoms with Crippen molar-refractivity contribution in [2.24, 2.45) is 5.92 Å². The lowest BCUT2D eigenvalue weighted by Crippen LogP contribution is -2.28. The molecular formula is C6H8NO3-. The van der Waals surface area contributed by atoms with Crippen molar-refractivity contribution in [2.45, 2.75) is 6.42 Å². The first-order valence-corrected chi connectivity index (χ1v) is 2.91. The van der Waals surface area contributed by atoms with Gasteiger partial charge in [-0.1, -0.05) is 5.92 Å². The molecular weight excluding hydrogens is 134 g/mol. The van der Waals surface area contributed by atoms with E-state index in [4.69, 9.17) is 0 Å². The van der Waals surface area contributed by atoms with Gasteiger partial charge in [0, 0.05) is 6.42 Å². The lowest BCUT2D eigenvalue weighted by atomic mass is 10.1. The standard InChI is InChI=1S/C6H8NO3/c1-4-3-5(8)7(10-2)6(4)9/h4H,1,3H2,2H3/q-1. The number of hydrogen-bond acceptors (Lipinski definition) is 3. The quantitative estimate of drug-likeness (QED) is 0.375. The van der Waals surface area contributed by atoms with E-state index in [0.29, 0.717) is 0 Å². The van der Waals surface area contributed by atoms with E-state index < -0.39 is 5.92 Å². The zero-order valence-corrected chi connectivity index (χ0v) is 5.66. The summed E-state index contributed by atoms with van der Waals surface area (Å²) in [6.45, 7) is 3.48. The third kappa shape index (κ3) is 0.903. The Labute approximate surface area is 58.7 Å². The molecule has 0 bridgehead atoms. The Kier molecular flexibility index (Phi) is 1.72. The second kappa shape index (κ2) is 2.38. The molecule has 0 aromatic rings. The lowest BCUT2D eigenvalue weighted by molar-refractivity contribution is -0.180. The maximum Gasteiger partial charge on any atom is 0.251 e. The molecule has 0 radical (unpaired) electrons. The highest BCUT2D eigenvalue weighted by Crippen LogP contribution is 2.17. The Hall–Kier alpha value is -0.900. The van der Waals surface area contributed by atoms with Gasteiger partial charge in [-0.2, -0.15) is 5.06 Å². The second-order valence-corrected chi connectivity index (χ2v) is 2.11. The molecule has 2 amide bonds. The predicted molar refractivity (Wildman–Crippen MR) is 32.3 cm³/mol. The van der Waals surface area contributed by atoms with Crippen LogP contribution < -0.4 is 0 Å². The zero-order chi connectivity index (χ0) is 7.72. The van der Waals surface area contributed by atoms with Gasteiger partial charge in [0.05, 0.1) is 7.11 Å². The number of nitrogens with zero attached hydrogens (tertiary/aromatic N) is 1. The van der Waals surface area contributed by atoms with Crippen LogP contribution in [0.3, 0.4) is 0 Å². The molecule has 1 atom stereocenters. The average molecular weight is 142 g/mol. The first kappa shape index (κ1) is 7.21. The molecule has 1 rings (SSSR count). The second-order valence-electron chi connectivity index (χ2n) is 2.11. The number of hydroxylamine groups is 2. The monoisotopic (exact) mass is 142 g/mol. The lowest BCUT2D eigenvalue weighted by Gasteiger charge is -2.10. The highest BCUT2D eigenvalue weighted by Gasteiger charge is 2.31. The van der Waals surface area contributed by atoms with E-state index in [9.17, 15) is 9.59 Å². The van der Waals surface area contributed by atoms with Gasteiger partial charge in [-0.05, 0) is 0 Å². The van der Waals surface area contributed by atoms with Gasteiger partial charge >= 0.3 is 0 Å². The molecule has 56 valence electrons. The topological polar surface area (TPSA) is 46.6 Å². The minimum atomic E-state index is -0.465. The fraction of sp³-hybridized carbons (Fsp3) is 0.500. The highest BCUT2D eigenvalue weighted by atomic mass is 16.7. The fourth-order valence-electron chi connectivity index (χ4n) is 0.862. The summed E-state index contributed by atoms with van der Waals surface area (Å²) in [7, 11) is 1.29. The number of carbonyl (C=O) groups excluding carboxylic acids is 2. The maximum atomic E-state index is 10.9. The van der Waals surface area contributed by atoms with E-state index in [2.05, 4.69) is 11.8 Å². The molecule has 10 heavy (non-hydrogen) atoms. The molecule has 1 aliphatic rings. The molecule has 0 N–H and O–H groups in total. The number of rotatable bonds is 1. The van der Waals surface area contributed by atoms with Crippen molar-refractivity contribution in [3.05, 3.63) is 6.92 Å². The van der Waals surface area contributed by atoms with Crippen molar-refractivity contribution in [3.63, 3.8) is 0 Å². The zero-order valence-electron chi connectivity index (χ0n) is 5.66. The normalized spacial score (nSPS) is 26.2. The van der Waals surface area contributed by atoms with Crippen LogP contribution in [-0.2, 0) is 14.4 Å².